The number of nitro groups is 1. The van der Waals surface area contributed by atoms with Crippen molar-refractivity contribution in [2.24, 2.45) is 17.3 Å². The number of hydrogen-bond acceptors (Lipinski definition) is 7. The molecule has 10 nitrogen and oxygen atoms in total. The smallest absolute Gasteiger partial charge is 0.270 e. The van der Waals surface area contributed by atoms with E-state index in [0.29, 0.717) is 18.1 Å². The zero-order valence-electron chi connectivity index (χ0n) is 14.7. The van der Waals surface area contributed by atoms with Gasteiger partial charge in [-0.15, -0.1) is 10.2 Å². The maximum atomic E-state index is 10.8. The van der Waals surface area contributed by atoms with Crippen LogP contribution in [0.3, 0.4) is 0 Å². The number of nitrogens with two attached hydrogens (primary N) is 1. The number of azo groups is 1. The lowest BCUT2D eigenvalue weighted by Gasteiger charge is -2.03. The second kappa shape index (κ2) is 8.70. The van der Waals surface area contributed by atoms with Gasteiger partial charge >= 0.3 is 0 Å². The van der Waals surface area contributed by atoms with Crippen LogP contribution in [0.1, 0.15) is 11.1 Å². The van der Waals surface area contributed by atoms with Gasteiger partial charge in [-0.1, -0.05) is 0 Å². The molecule has 0 fully saturated rings. The third-order valence-corrected chi connectivity index (χ3v) is 3.77. The Morgan fingerprint density at radius 1 is 1.36 bits per heavy atom. The molecule has 0 atom stereocenters. The number of pyridine rings is 1. The summed E-state index contributed by atoms with van der Waals surface area (Å²) in [5.74, 6) is 0.325. The molecule has 0 aliphatic carbocycles. The first-order valence-electron chi connectivity index (χ1n) is 7.83. The summed E-state index contributed by atoms with van der Waals surface area (Å²) in [6, 6.07) is 9.53. The van der Waals surface area contributed by atoms with Crippen LogP contribution in [0, 0.1) is 21.4 Å². The number of nitrogen functional groups attached to an aromatic ring is 1. The molecular formula is C17H15ClN8O2. The van der Waals surface area contributed by atoms with Gasteiger partial charge < -0.3 is 18.1 Å². The normalized spacial score (nSPS) is 10.4. The molecule has 0 amide bonds. The number of aromatic nitrogens is 3. The molecule has 0 saturated heterocycles. The molecule has 2 aromatic heterocycles. The maximum Gasteiger partial charge on any atom is 0.270 e. The number of non-ortho nitro benzene ring substituents is 1. The fraction of sp³-hybridized carbons (Fsp3) is 0.118. The second-order valence-corrected chi connectivity index (χ2v) is 5.72. The second-order valence-electron chi connectivity index (χ2n) is 5.72. The molecule has 2 heterocycles. The van der Waals surface area contributed by atoms with Crippen LogP contribution in [0.15, 0.2) is 59.2 Å². The minimum absolute atomic E-state index is 0. The molecule has 3 aromatic rings. The van der Waals surface area contributed by atoms with E-state index in [2.05, 4.69) is 15.3 Å². The van der Waals surface area contributed by atoms with Crippen molar-refractivity contribution in [3.05, 3.63) is 70.2 Å². The lowest BCUT2D eigenvalue weighted by molar-refractivity contribution is -0.671. The quantitative estimate of drug-likeness (QED) is 0.268. The van der Waals surface area contributed by atoms with E-state index in [1.54, 1.807) is 4.68 Å². The molecule has 11 heteroatoms. The highest BCUT2D eigenvalue weighted by atomic mass is 35.5. The van der Waals surface area contributed by atoms with Crippen molar-refractivity contribution < 1.29 is 21.9 Å². The fourth-order valence-corrected chi connectivity index (χ4v) is 2.43. The van der Waals surface area contributed by atoms with Crippen LogP contribution in [0.4, 0.5) is 22.9 Å². The number of aryl methyl sites for hydroxylation is 1. The Morgan fingerprint density at radius 3 is 2.79 bits per heavy atom. The van der Waals surface area contributed by atoms with Crippen molar-refractivity contribution in [3.8, 4) is 6.07 Å². The highest BCUT2D eigenvalue weighted by molar-refractivity contribution is 5.60. The topological polar surface area (TPSA) is 139 Å². The predicted octanol–water partition coefficient (Wildman–Crippen LogP) is -0.463. The van der Waals surface area contributed by atoms with E-state index in [-0.39, 0.29) is 29.3 Å². The minimum atomic E-state index is -0.576. The Bertz CT molecular complexity index is 1090. The number of hydrogen-bond donors (Lipinski definition) is 1. The van der Waals surface area contributed by atoms with E-state index >= 15 is 0 Å². The third-order valence-electron chi connectivity index (χ3n) is 3.77. The molecule has 0 unspecified atom stereocenters. The van der Waals surface area contributed by atoms with Crippen molar-refractivity contribution in [3.63, 3.8) is 0 Å². The van der Waals surface area contributed by atoms with Crippen LogP contribution >= 0.6 is 0 Å². The third kappa shape index (κ3) is 4.46. The van der Waals surface area contributed by atoms with Gasteiger partial charge in [-0.3, -0.25) is 10.1 Å². The van der Waals surface area contributed by atoms with Crippen molar-refractivity contribution in [2.75, 3.05) is 5.73 Å². The summed E-state index contributed by atoms with van der Waals surface area (Å²) < 4.78 is 3.51. The van der Waals surface area contributed by atoms with Crippen molar-refractivity contribution in [1.29, 1.82) is 5.26 Å². The number of nitrogens with zero attached hydrogens (tertiary/aromatic N) is 7. The summed E-state index contributed by atoms with van der Waals surface area (Å²) in [6.45, 7) is 0.469. The first kappa shape index (κ1) is 20.5. The largest absolute Gasteiger partial charge is 1.00 e. The van der Waals surface area contributed by atoms with Crippen molar-refractivity contribution in [2.45, 2.75) is 6.54 Å². The van der Waals surface area contributed by atoms with E-state index in [4.69, 9.17) is 11.0 Å². The van der Waals surface area contributed by atoms with Gasteiger partial charge in [0, 0.05) is 23.8 Å². The van der Waals surface area contributed by atoms with Crippen molar-refractivity contribution >= 4 is 22.9 Å². The van der Waals surface area contributed by atoms with Gasteiger partial charge in [0.2, 0.25) is 0 Å². The summed E-state index contributed by atoms with van der Waals surface area (Å²) in [7, 11) is 1.92. The number of nitro benzene ring substituents is 1. The highest BCUT2D eigenvalue weighted by Gasteiger charge is 2.12. The van der Waals surface area contributed by atoms with Crippen LogP contribution in [0.25, 0.3) is 0 Å². The van der Waals surface area contributed by atoms with E-state index < -0.39 is 4.92 Å². The van der Waals surface area contributed by atoms with E-state index in [0.717, 1.165) is 11.6 Å². The van der Waals surface area contributed by atoms with E-state index in [9.17, 15) is 10.1 Å². The molecule has 3 rings (SSSR count). The average molecular weight is 399 g/mol. The lowest BCUT2D eigenvalue weighted by atomic mass is 10.2. The molecule has 0 saturated carbocycles. The molecule has 0 bridgehead atoms. The summed E-state index contributed by atoms with van der Waals surface area (Å²) in [5.41, 5.74) is 7.51. The minimum Gasteiger partial charge on any atom is -1.00 e. The van der Waals surface area contributed by atoms with Crippen LogP contribution in [0.2, 0.25) is 0 Å². The Hall–Kier alpha value is -3.84. The van der Waals surface area contributed by atoms with Gasteiger partial charge in [0.05, 0.1) is 23.2 Å². The van der Waals surface area contributed by atoms with E-state index in [1.807, 2.05) is 42.2 Å². The molecule has 142 valence electrons. The zero-order chi connectivity index (χ0) is 19.4. The van der Waals surface area contributed by atoms with Crippen molar-refractivity contribution in [1.82, 2.24) is 9.78 Å². The van der Waals surface area contributed by atoms with Gasteiger partial charge in [0.25, 0.3) is 5.69 Å². The lowest BCUT2D eigenvalue weighted by Crippen LogP contribution is -3.00. The number of benzene rings is 1. The Balaban J connectivity index is 0.00000280. The average Bonchev–Trinajstić information content (AvgIpc) is 2.99. The summed E-state index contributed by atoms with van der Waals surface area (Å²) in [5, 5.41) is 32.2. The SMILES string of the molecule is C[n+]1cccc(Cn2ncc(/N=N/c3ccc([N+](=O)[O-])cc3C#N)c2N)c1.[Cl-]. The Kier molecular flexibility index (Phi) is 6.36. The maximum absolute atomic E-state index is 10.8. The van der Waals surface area contributed by atoms with Gasteiger partial charge in [-0.2, -0.15) is 10.4 Å². The van der Waals surface area contributed by atoms with Crippen LogP contribution in [-0.4, -0.2) is 14.7 Å². The summed E-state index contributed by atoms with van der Waals surface area (Å²) >= 11 is 0. The van der Waals surface area contributed by atoms with Crippen LogP contribution in [0.5, 0.6) is 0 Å². The summed E-state index contributed by atoms with van der Waals surface area (Å²) in [6.07, 6.45) is 5.35. The monoisotopic (exact) mass is 398 g/mol. The predicted molar refractivity (Wildman–Crippen MR) is 95.3 cm³/mol. The van der Waals surface area contributed by atoms with Crippen LogP contribution in [-0.2, 0) is 13.6 Å². The fourth-order valence-electron chi connectivity index (χ4n) is 2.43. The first-order valence-corrected chi connectivity index (χ1v) is 7.83. The van der Waals surface area contributed by atoms with Gasteiger partial charge in [0.1, 0.15) is 30.3 Å². The molecular weight excluding hydrogens is 384 g/mol. The highest BCUT2D eigenvalue weighted by Crippen LogP contribution is 2.28. The number of nitriles is 1. The van der Waals surface area contributed by atoms with Gasteiger partial charge in [-0.05, 0) is 12.1 Å². The number of halogens is 1. The Morgan fingerprint density at radius 2 is 2.11 bits per heavy atom. The number of rotatable bonds is 5. The zero-order valence-corrected chi connectivity index (χ0v) is 15.5. The molecule has 2 N–H and O–H groups in total. The molecule has 28 heavy (non-hydrogen) atoms. The van der Waals surface area contributed by atoms with Gasteiger partial charge in [0.15, 0.2) is 12.4 Å². The van der Waals surface area contributed by atoms with Crippen LogP contribution < -0.4 is 22.7 Å². The molecule has 0 radical (unpaired) electrons. The Labute approximate surface area is 166 Å². The molecule has 1 aromatic carbocycles. The molecule has 0 aliphatic rings. The standard InChI is InChI=1S/C17H15N8O2.ClH/c1-23-6-2-3-12(10-23)11-24-17(19)16(9-20-24)22-21-15-5-4-14(25(26)27)7-13(15)8-18;/h2-7,9-10H,11,19H2,1H3;1H/q+1;/p-1/b22-21+;. The first-order chi connectivity index (χ1) is 13.0. The molecule has 0 spiro atoms. The van der Waals surface area contributed by atoms with Gasteiger partial charge in [-0.25, -0.2) is 9.25 Å². The summed E-state index contributed by atoms with van der Waals surface area (Å²) in [4.78, 5) is 10.2. The van der Waals surface area contributed by atoms with E-state index in [1.165, 1.54) is 18.3 Å². The molecule has 0 aliphatic heterocycles. The number of anilines is 1.